The molecule has 1 saturated heterocycles. The number of nitrogens with one attached hydrogen (secondary N) is 1. The number of nitrogens with zero attached hydrogens (tertiary/aromatic N) is 5. The summed E-state index contributed by atoms with van der Waals surface area (Å²) in [6.07, 6.45) is 4.88. The monoisotopic (exact) mass is 392 g/mol. The van der Waals surface area contributed by atoms with Gasteiger partial charge in [0.25, 0.3) is 5.91 Å². The number of amides is 2. The van der Waals surface area contributed by atoms with E-state index < -0.39 is 6.04 Å². The second-order valence-corrected chi connectivity index (χ2v) is 7.43. The normalized spacial score (nSPS) is 15.3. The highest BCUT2D eigenvalue weighted by Gasteiger charge is 2.24. The zero-order valence-corrected chi connectivity index (χ0v) is 16.6. The van der Waals surface area contributed by atoms with Crippen molar-refractivity contribution in [2.45, 2.75) is 39.2 Å². The van der Waals surface area contributed by atoms with E-state index in [4.69, 9.17) is 0 Å². The summed E-state index contributed by atoms with van der Waals surface area (Å²) >= 11 is 0. The van der Waals surface area contributed by atoms with Crippen molar-refractivity contribution in [1.29, 1.82) is 0 Å². The van der Waals surface area contributed by atoms with E-state index in [1.54, 1.807) is 36.0 Å². The van der Waals surface area contributed by atoms with E-state index in [9.17, 15) is 9.59 Å². The molecule has 1 aliphatic rings. The lowest BCUT2D eigenvalue weighted by Crippen LogP contribution is -2.48. The van der Waals surface area contributed by atoms with Gasteiger partial charge in [0.05, 0.1) is 5.69 Å². The molecule has 1 fully saturated rings. The molecule has 3 aromatic rings. The number of hydrogen-bond donors (Lipinski definition) is 1. The van der Waals surface area contributed by atoms with Crippen LogP contribution in [0.1, 0.15) is 42.1 Å². The van der Waals surface area contributed by atoms with Crippen LogP contribution in [-0.2, 0) is 4.79 Å². The minimum Gasteiger partial charge on any atom is -0.341 e. The van der Waals surface area contributed by atoms with Gasteiger partial charge in [0.1, 0.15) is 11.6 Å². The predicted octanol–water partition coefficient (Wildman–Crippen LogP) is 2.25. The molecule has 29 heavy (non-hydrogen) atoms. The fourth-order valence-corrected chi connectivity index (χ4v) is 3.64. The molecule has 3 heterocycles. The molecule has 0 bridgehead atoms. The maximum Gasteiger partial charge on any atom is 0.251 e. The summed E-state index contributed by atoms with van der Waals surface area (Å²) in [5.74, 6) is -0.321. The average molecular weight is 392 g/mol. The minimum absolute atomic E-state index is 0.0307. The Morgan fingerprint density at radius 1 is 1.14 bits per heavy atom. The van der Waals surface area contributed by atoms with Crippen LogP contribution in [0, 0.1) is 6.92 Å². The largest absolute Gasteiger partial charge is 0.341 e. The van der Waals surface area contributed by atoms with E-state index in [-0.39, 0.29) is 11.8 Å². The number of fused-ring (bicyclic) bond motifs is 1. The number of carbonyl (C=O) groups excluding carboxylic acids is 2. The van der Waals surface area contributed by atoms with E-state index in [0.717, 1.165) is 43.6 Å². The van der Waals surface area contributed by atoms with Gasteiger partial charge in [-0.15, -0.1) is 5.10 Å². The van der Waals surface area contributed by atoms with Gasteiger partial charge < -0.3 is 10.2 Å². The molecule has 0 unspecified atom stereocenters. The van der Waals surface area contributed by atoms with Crippen molar-refractivity contribution in [3.63, 3.8) is 0 Å². The number of benzene rings is 1. The van der Waals surface area contributed by atoms with Crippen molar-refractivity contribution in [1.82, 2.24) is 30.2 Å². The molecular formula is C21H24N6O2. The van der Waals surface area contributed by atoms with Gasteiger partial charge in [-0.1, -0.05) is 11.3 Å². The Kier molecular flexibility index (Phi) is 5.24. The Hall–Kier alpha value is -3.29. The lowest BCUT2D eigenvalue weighted by atomic mass is 10.1. The SMILES string of the molecule is Cc1ccc(C(=O)N[C@@H](C)C(=O)N2CCCCC2)cc1-n1nnc2cccnc21. The molecule has 0 saturated carbocycles. The highest BCUT2D eigenvalue weighted by molar-refractivity contribution is 5.98. The third-order valence-corrected chi connectivity index (χ3v) is 5.29. The van der Waals surface area contributed by atoms with Gasteiger partial charge in [0.2, 0.25) is 5.91 Å². The van der Waals surface area contributed by atoms with E-state index in [1.165, 1.54) is 0 Å². The molecule has 8 nitrogen and oxygen atoms in total. The summed E-state index contributed by atoms with van der Waals surface area (Å²) in [5.41, 5.74) is 3.44. The maximum atomic E-state index is 12.8. The highest BCUT2D eigenvalue weighted by atomic mass is 16.2. The Morgan fingerprint density at radius 3 is 2.72 bits per heavy atom. The molecule has 0 aliphatic carbocycles. The molecule has 4 rings (SSSR count). The standard InChI is InChI=1S/C21H24N6O2/c1-14-8-9-16(13-18(14)27-19-17(24-25-27)7-6-10-22-19)20(28)23-15(2)21(29)26-11-4-3-5-12-26/h6-10,13,15H,3-5,11-12H2,1-2H3,(H,23,28)/t15-/m0/s1. The third kappa shape index (κ3) is 3.83. The molecule has 0 radical (unpaired) electrons. The first-order valence-corrected chi connectivity index (χ1v) is 9.92. The van der Waals surface area contributed by atoms with Crippen LogP contribution in [0.15, 0.2) is 36.5 Å². The number of hydrogen-bond acceptors (Lipinski definition) is 5. The Morgan fingerprint density at radius 2 is 1.93 bits per heavy atom. The lowest BCUT2D eigenvalue weighted by molar-refractivity contribution is -0.133. The van der Waals surface area contributed by atoms with Crippen LogP contribution >= 0.6 is 0 Å². The fourth-order valence-electron chi connectivity index (χ4n) is 3.64. The predicted molar refractivity (Wildman–Crippen MR) is 109 cm³/mol. The van der Waals surface area contributed by atoms with E-state index in [1.807, 2.05) is 24.0 Å². The van der Waals surface area contributed by atoms with Gasteiger partial charge in [-0.3, -0.25) is 9.59 Å². The quantitative estimate of drug-likeness (QED) is 0.735. The number of aromatic nitrogens is 4. The number of pyridine rings is 1. The average Bonchev–Trinajstić information content (AvgIpc) is 3.18. The van der Waals surface area contributed by atoms with Gasteiger partial charge in [0, 0.05) is 24.8 Å². The van der Waals surface area contributed by atoms with E-state index in [0.29, 0.717) is 16.7 Å². The summed E-state index contributed by atoms with van der Waals surface area (Å²) < 4.78 is 1.63. The summed E-state index contributed by atoms with van der Waals surface area (Å²) in [4.78, 5) is 31.6. The molecule has 0 spiro atoms. The van der Waals surface area contributed by atoms with Gasteiger partial charge >= 0.3 is 0 Å². The Balaban J connectivity index is 1.55. The minimum atomic E-state index is -0.570. The summed E-state index contributed by atoms with van der Waals surface area (Å²) in [6.45, 7) is 5.20. The second-order valence-electron chi connectivity index (χ2n) is 7.43. The third-order valence-electron chi connectivity index (χ3n) is 5.29. The van der Waals surface area contributed by atoms with Crippen molar-refractivity contribution in [2.24, 2.45) is 0 Å². The topological polar surface area (TPSA) is 93.0 Å². The molecule has 1 aliphatic heterocycles. The first-order valence-electron chi connectivity index (χ1n) is 9.92. The highest BCUT2D eigenvalue weighted by Crippen LogP contribution is 2.19. The van der Waals surface area contributed by atoms with Crippen molar-refractivity contribution in [3.8, 4) is 5.69 Å². The van der Waals surface area contributed by atoms with Crippen LogP contribution in [0.4, 0.5) is 0 Å². The maximum absolute atomic E-state index is 12.8. The van der Waals surface area contributed by atoms with Gasteiger partial charge in [-0.2, -0.15) is 4.68 Å². The molecule has 2 aromatic heterocycles. The first kappa shape index (κ1) is 19.0. The molecule has 2 amide bonds. The van der Waals surface area contributed by atoms with Crippen LogP contribution in [0.2, 0.25) is 0 Å². The van der Waals surface area contributed by atoms with Gasteiger partial charge in [-0.25, -0.2) is 4.98 Å². The van der Waals surface area contributed by atoms with Crippen molar-refractivity contribution in [2.75, 3.05) is 13.1 Å². The molecule has 150 valence electrons. The molecule has 1 N–H and O–H groups in total. The van der Waals surface area contributed by atoms with Crippen LogP contribution in [0.3, 0.4) is 0 Å². The number of aryl methyl sites for hydroxylation is 1. The van der Waals surface area contributed by atoms with Crippen LogP contribution in [0.5, 0.6) is 0 Å². The smallest absolute Gasteiger partial charge is 0.251 e. The number of piperidine rings is 1. The number of likely N-dealkylation sites (tertiary alicyclic amines) is 1. The summed E-state index contributed by atoms with van der Waals surface area (Å²) in [5, 5.41) is 11.2. The Bertz CT molecular complexity index is 1050. The van der Waals surface area contributed by atoms with Crippen molar-refractivity contribution >= 4 is 23.0 Å². The van der Waals surface area contributed by atoms with Crippen LogP contribution in [-0.4, -0.2) is 55.8 Å². The van der Waals surface area contributed by atoms with Crippen LogP contribution < -0.4 is 5.32 Å². The van der Waals surface area contributed by atoms with Crippen molar-refractivity contribution < 1.29 is 9.59 Å². The van der Waals surface area contributed by atoms with Gasteiger partial charge in [-0.05, 0) is 62.9 Å². The van der Waals surface area contributed by atoms with Crippen molar-refractivity contribution in [3.05, 3.63) is 47.7 Å². The summed E-state index contributed by atoms with van der Waals surface area (Å²) in [6, 6.07) is 8.44. The first-order chi connectivity index (χ1) is 14.0. The van der Waals surface area contributed by atoms with E-state index in [2.05, 4.69) is 20.6 Å². The molecule has 8 heteroatoms. The summed E-state index contributed by atoms with van der Waals surface area (Å²) in [7, 11) is 0. The molecular weight excluding hydrogens is 368 g/mol. The zero-order chi connectivity index (χ0) is 20.4. The lowest BCUT2D eigenvalue weighted by Gasteiger charge is -2.29. The molecule has 1 atom stereocenters. The zero-order valence-electron chi connectivity index (χ0n) is 16.6. The molecule has 1 aromatic carbocycles. The van der Waals surface area contributed by atoms with E-state index >= 15 is 0 Å². The Labute approximate surface area is 168 Å². The number of rotatable bonds is 4. The number of carbonyl (C=O) groups is 2. The second kappa shape index (κ2) is 7.98. The fraction of sp³-hybridized carbons (Fsp3) is 0.381. The van der Waals surface area contributed by atoms with Gasteiger partial charge in [0.15, 0.2) is 5.65 Å². The van der Waals surface area contributed by atoms with Crippen LogP contribution in [0.25, 0.3) is 16.9 Å².